The van der Waals surface area contributed by atoms with Gasteiger partial charge in [-0.25, -0.2) is 13.8 Å². The standard InChI is InChI=1S/C18H16F2N2OS/c19-13-7-4-5-11(16(13)20)9-22-10-21-17-15(18(22)23)12-6-2-1-3-8-14(12)24-17/h4-5,7,10H,1-3,6,8-9H2. The molecule has 2 aromatic heterocycles. The molecule has 1 aromatic carbocycles. The van der Waals surface area contributed by atoms with Crippen LogP contribution < -0.4 is 5.56 Å². The van der Waals surface area contributed by atoms with E-state index in [9.17, 15) is 13.6 Å². The number of aromatic nitrogens is 2. The number of fused-ring (bicyclic) bond motifs is 3. The lowest BCUT2D eigenvalue weighted by Crippen LogP contribution is -2.22. The molecule has 0 bridgehead atoms. The second-order valence-electron chi connectivity index (χ2n) is 6.14. The molecule has 0 saturated heterocycles. The van der Waals surface area contributed by atoms with Gasteiger partial charge in [-0.2, -0.15) is 0 Å². The van der Waals surface area contributed by atoms with Crippen molar-refractivity contribution in [1.82, 2.24) is 9.55 Å². The zero-order chi connectivity index (χ0) is 16.7. The Kier molecular flexibility index (Phi) is 3.92. The molecule has 0 unspecified atom stereocenters. The van der Waals surface area contributed by atoms with Gasteiger partial charge in [0.25, 0.3) is 5.56 Å². The molecule has 6 heteroatoms. The van der Waals surface area contributed by atoms with Crippen molar-refractivity contribution < 1.29 is 8.78 Å². The second kappa shape index (κ2) is 6.09. The van der Waals surface area contributed by atoms with Crippen LogP contribution in [0, 0.1) is 11.6 Å². The highest BCUT2D eigenvalue weighted by molar-refractivity contribution is 7.18. The van der Waals surface area contributed by atoms with Gasteiger partial charge in [0.1, 0.15) is 4.83 Å². The minimum absolute atomic E-state index is 0.0179. The van der Waals surface area contributed by atoms with E-state index >= 15 is 0 Å². The first kappa shape index (κ1) is 15.4. The molecule has 0 amide bonds. The third kappa shape index (κ3) is 2.55. The maximum atomic E-state index is 13.9. The highest BCUT2D eigenvalue weighted by atomic mass is 32.1. The summed E-state index contributed by atoms with van der Waals surface area (Å²) in [4.78, 5) is 19.3. The Balaban J connectivity index is 1.82. The van der Waals surface area contributed by atoms with E-state index in [1.54, 1.807) is 11.3 Å². The van der Waals surface area contributed by atoms with Crippen LogP contribution in [0.3, 0.4) is 0 Å². The Labute approximate surface area is 141 Å². The molecule has 0 aliphatic heterocycles. The summed E-state index contributed by atoms with van der Waals surface area (Å²) >= 11 is 1.59. The van der Waals surface area contributed by atoms with Crippen molar-refractivity contribution in [2.75, 3.05) is 0 Å². The van der Waals surface area contributed by atoms with Gasteiger partial charge in [0.05, 0.1) is 18.3 Å². The fourth-order valence-corrected chi connectivity index (χ4v) is 4.54. The molecule has 2 heterocycles. The first-order chi connectivity index (χ1) is 11.6. The first-order valence-corrected chi connectivity index (χ1v) is 8.89. The molecule has 24 heavy (non-hydrogen) atoms. The van der Waals surface area contributed by atoms with Crippen LogP contribution in [0.15, 0.2) is 29.3 Å². The van der Waals surface area contributed by atoms with E-state index in [1.807, 2.05) is 0 Å². The zero-order valence-corrected chi connectivity index (χ0v) is 13.8. The second-order valence-corrected chi connectivity index (χ2v) is 7.22. The zero-order valence-electron chi connectivity index (χ0n) is 13.0. The van der Waals surface area contributed by atoms with Gasteiger partial charge in [0.15, 0.2) is 11.6 Å². The number of benzene rings is 1. The van der Waals surface area contributed by atoms with Crippen LogP contribution in [0.1, 0.15) is 35.3 Å². The van der Waals surface area contributed by atoms with E-state index in [4.69, 9.17) is 0 Å². The van der Waals surface area contributed by atoms with Gasteiger partial charge >= 0.3 is 0 Å². The van der Waals surface area contributed by atoms with Gasteiger partial charge in [0.2, 0.25) is 0 Å². The Morgan fingerprint density at radius 3 is 2.88 bits per heavy atom. The number of rotatable bonds is 2. The quantitative estimate of drug-likeness (QED) is 0.656. The predicted molar refractivity (Wildman–Crippen MR) is 90.6 cm³/mol. The van der Waals surface area contributed by atoms with E-state index < -0.39 is 11.6 Å². The van der Waals surface area contributed by atoms with Crippen molar-refractivity contribution in [3.05, 3.63) is 62.5 Å². The van der Waals surface area contributed by atoms with Gasteiger partial charge in [-0.3, -0.25) is 9.36 Å². The van der Waals surface area contributed by atoms with E-state index in [0.29, 0.717) is 5.39 Å². The molecule has 0 spiro atoms. The first-order valence-electron chi connectivity index (χ1n) is 8.07. The fourth-order valence-electron chi connectivity index (χ4n) is 3.32. The number of nitrogens with zero attached hydrogens (tertiary/aromatic N) is 2. The molecular formula is C18H16F2N2OS. The van der Waals surface area contributed by atoms with Crippen molar-refractivity contribution >= 4 is 21.6 Å². The molecule has 1 aliphatic rings. The molecule has 3 aromatic rings. The lowest BCUT2D eigenvalue weighted by molar-refractivity contribution is 0.494. The SMILES string of the molecule is O=c1c2c3c(sc2ncn1Cc1cccc(F)c1F)CCCCC3. The Bertz CT molecular complexity index is 977. The van der Waals surface area contributed by atoms with E-state index in [0.717, 1.165) is 42.1 Å². The van der Waals surface area contributed by atoms with Crippen molar-refractivity contribution in [3.8, 4) is 0 Å². The third-order valence-corrected chi connectivity index (χ3v) is 5.76. The molecule has 0 fully saturated rings. The molecule has 4 rings (SSSR count). The van der Waals surface area contributed by atoms with Crippen molar-refractivity contribution in [2.24, 2.45) is 0 Å². The molecule has 0 N–H and O–H groups in total. The predicted octanol–water partition coefficient (Wildman–Crippen LogP) is 4.05. The summed E-state index contributed by atoms with van der Waals surface area (Å²) < 4.78 is 28.6. The normalized spacial score (nSPS) is 14.6. The van der Waals surface area contributed by atoms with E-state index in [1.165, 1.54) is 34.3 Å². The molecule has 3 nitrogen and oxygen atoms in total. The maximum absolute atomic E-state index is 13.9. The maximum Gasteiger partial charge on any atom is 0.262 e. The van der Waals surface area contributed by atoms with Crippen LogP contribution >= 0.6 is 11.3 Å². The minimum Gasteiger partial charge on any atom is -0.294 e. The van der Waals surface area contributed by atoms with Crippen molar-refractivity contribution in [3.63, 3.8) is 0 Å². The van der Waals surface area contributed by atoms with Gasteiger partial charge in [0, 0.05) is 10.4 Å². The Morgan fingerprint density at radius 1 is 1.17 bits per heavy atom. The van der Waals surface area contributed by atoms with Gasteiger partial charge in [-0.15, -0.1) is 11.3 Å². The highest BCUT2D eigenvalue weighted by Crippen LogP contribution is 2.32. The van der Waals surface area contributed by atoms with Crippen LogP contribution in [0.4, 0.5) is 8.78 Å². The summed E-state index contributed by atoms with van der Waals surface area (Å²) in [6.45, 7) is -0.0179. The average molecular weight is 346 g/mol. The van der Waals surface area contributed by atoms with Crippen molar-refractivity contribution in [2.45, 2.75) is 38.6 Å². The number of aryl methyl sites for hydroxylation is 2. The summed E-state index contributed by atoms with van der Waals surface area (Å²) in [6.07, 6.45) is 6.71. The van der Waals surface area contributed by atoms with Crippen LogP contribution in [-0.2, 0) is 19.4 Å². The molecule has 0 radical (unpaired) electrons. The number of halogens is 2. The van der Waals surface area contributed by atoms with Gasteiger partial charge < -0.3 is 0 Å². The molecule has 124 valence electrons. The van der Waals surface area contributed by atoms with Crippen LogP contribution in [0.25, 0.3) is 10.2 Å². The van der Waals surface area contributed by atoms with Crippen molar-refractivity contribution in [1.29, 1.82) is 0 Å². The summed E-state index contributed by atoms with van der Waals surface area (Å²) in [5.74, 6) is -1.81. The average Bonchev–Trinajstić information content (AvgIpc) is 2.77. The lowest BCUT2D eigenvalue weighted by Gasteiger charge is -2.07. The largest absolute Gasteiger partial charge is 0.294 e. The molecular weight excluding hydrogens is 330 g/mol. The van der Waals surface area contributed by atoms with Crippen LogP contribution in [0.2, 0.25) is 0 Å². The minimum atomic E-state index is -0.909. The van der Waals surface area contributed by atoms with Gasteiger partial charge in [-0.05, 0) is 37.3 Å². The molecule has 0 atom stereocenters. The smallest absolute Gasteiger partial charge is 0.262 e. The molecule has 1 aliphatic carbocycles. The van der Waals surface area contributed by atoms with Crippen LogP contribution in [-0.4, -0.2) is 9.55 Å². The summed E-state index contributed by atoms with van der Waals surface area (Å²) in [5.41, 5.74) is 1.10. The van der Waals surface area contributed by atoms with Gasteiger partial charge in [-0.1, -0.05) is 18.6 Å². The Morgan fingerprint density at radius 2 is 2.00 bits per heavy atom. The topological polar surface area (TPSA) is 34.9 Å². The number of hydrogen-bond donors (Lipinski definition) is 0. The molecule has 0 saturated carbocycles. The summed E-state index contributed by atoms with van der Waals surface area (Å²) in [6, 6.07) is 4.01. The highest BCUT2D eigenvalue weighted by Gasteiger charge is 2.19. The van der Waals surface area contributed by atoms with Crippen LogP contribution in [0.5, 0.6) is 0 Å². The number of thiophene rings is 1. The third-order valence-electron chi connectivity index (χ3n) is 4.56. The summed E-state index contributed by atoms with van der Waals surface area (Å²) in [7, 11) is 0. The monoisotopic (exact) mass is 346 g/mol. The summed E-state index contributed by atoms with van der Waals surface area (Å²) in [5, 5.41) is 0.663. The number of hydrogen-bond acceptors (Lipinski definition) is 3. The van der Waals surface area contributed by atoms with E-state index in [-0.39, 0.29) is 17.7 Å². The van der Waals surface area contributed by atoms with E-state index in [2.05, 4.69) is 4.98 Å². The lowest BCUT2D eigenvalue weighted by atomic mass is 10.1. The fraction of sp³-hybridized carbons (Fsp3) is 0.333. The Hall–Kier alpha value is -2.08.